The maximum absolute atomic E-state index is 12.8. The van der Waals surface area contributed by atoms with Gasteiger partial charge in [-0.1, -0.05) is 18.2 Å². The molecule has 1 aliphatic heterocycles. The van der Waals surface area contributed by atoms with Gasteiger partial charge in [0, 0.05) is 29.3 Å². The number of amides is 1. The molecule has 1 aliphatic rings. The number of thioether (sulfide) groups is 1. The summed E-state index contributed by atoms with van der Waals surface area (Å²) in [5.41, 5.74) is 3.38. The van der Waals surface area contributed by atoms with Crippen LogP contribution in [0.15, 0.2) is 58.8 Å². The molecular weight excluding hydrogens is 440 g/mol. The molecule has 2 aromatic carbocycles. The Morgan fingerprint density at radius 3 is 2.66 bits per heavy atom. The van der Waals surface area contributed by atoms with Crippen molar-refractivity contribution in [1.82, 2.24) is 4.90 Å². The molecule has 32 heavy (non-hydrogen) atoms. The van der Waals surface area contributed by atoms with Crippen molar-refractivity contribution in [3.05, 3.63) is 69.9 Å². The zero-order valence-electron chi connectivity index (χ0n) is 18.6. The first-order valence-corrected chi connectivity index (χ1v) is 12.7. The molecule has 1 amide bonds. The molecule has 3 aromatic rings. The van der Waals surface area contributed by atoms with E-state index in [4.69, 9.17) is 9.47 Å². The lowest BCUT2D eigenvalue weighted by Gasteiger charge is -2.37. The van der Waals surface area contributed by atoms with Gasteiger partial charge in [-0.3, -0.25) is 9.69 Å². The summed E-state index contributed by atoms with van der Waals surface area (Å²) in [6.45, 7) is 1.57. The normalized spacial score (nSPS) is 15.8. The fourth-order valence-corrected chi connectivity index (χ4v) is 5.65. The Hall–Kier alpha value is -2.48. The van der Waals surface area contributed by atoms with Crippen LogP contribution >= 0.6 is 23.1 Å². The minimum Gasteiger partial charge on any atom is -0.493 e. The van der Waals surface area contributed by atoms with Crippen LogP contribution in [0.25, 0.3) is 0 Å². The molecule has 0 fully saturated rings. The van der Waals surface area contributed by atoms with E-state index in [1.54, 1.807) is 37.3 Å². The summed E-state index contributed by atoms with van der Waals surface area (Å²) in [7, 11) is 3.34. The predicted molar refractivity (Wildman–Crippen MR) is 132 cm³/mol. The lowest BCUT2D eigenvalue weighted by molar-refractivity contribution is -0.116. The SMILES string of the molecule is COc1cc2c(cc1OC)C(c1cccs1)N(CCC(=O)Nc1ccccc1SC)CC2. The van der Waals surface area contributed by atoms with Crippen molar-refractivity contribution in [3.63, 3.8) is 0 Å². The van der Waals surface area contributed by atoms with Gasteiger partial charge in [-0.25, -0.2) is 0 Å². The first-order chi connectivity index (χ1) is 15.6. The lowest BCUT2D eigenvalue weighted by Crippen LogP contribution is -2.37. The van der Waals surface area contributed by atoms with Gasteiger partial charge in [0.2, 0.25) is 5.91 Å². The van der Waals surface area contributed by atoms with E-state index in [-0.39, 0.29) is 11.9 Å². The highest BCUT2D eigenvalue weighted by molar-refractivity contribution is 7.98. The van der Waals surface area contributed by atoms with Gasteiger partial charge < -0.3 is 14.8 Å². The van der Waals surface area contributed by atoms with Crippen LogP contribution in [-0.2, 0) is 11.2 Å². The summed E-state index contributed by atoms with van der Waals surface area (Å²) >= 11 is 3.38. The molecule has 4 rings (SSSR count). The Labute approximate surface area is 197 Å². The minimum absolute atomic E-state index is 0.0366. The predicted octanol–water partition coefficient (Wildman–Crippen LogP) is 5.46. The molecular formula is C25H28N2O3S2. The zero-order chi connectivity index (χ0) is 22.5. The van der Waals surface area contributed by atoms with Gasteiger partial charge in [0.25, 0.3) is 0 Å². The van der Waals surface area contributed by atoms with Crippen LogP contribution in [0.5, 0.6) is 11.5 Å². The largest absolute Gasteiger partial charge is 0.493 e. The van der Waals surface area contributed by atoms with E-state index in [9.17, 15) is 4.79 Å². The molecule has 1 aromatic heterocycles. The van der Waals surface area contributed by atoms with E-state index < -0.39 is 0 Å². The third-order valence-corrected chi connectivity index (χ3v) is 7.51. The standard InChI is InChI=1S/C25H28N2O3S2/c1-29-20-15-17-10-12-27(13-11-24(28)26-19-7-4-5-8-22(19)31-3)25(23-9-6-14-32-23)18(17)16-21(20)30-2/h4-9,14-16,25H,10-13H2,1-3H3,(H,26,28). The number of methoxy groups -OCH3 is 2. The van der Waals surface area contributed by atoms with Gasteiger partial charge in [0.05, 0.1) is 25.9 Å². The molecule has 1 unspecified atom stereocenters. The van der Waals surface area contributed by atoms with Gasteiger partial charge in [-0.2, -0.15) is 0 Å². The summed E-state index contributed by atoms with van der Waals surface area (Å²) in [6.07, 6.45) is 3.37. The molecule has 168 valence electrons. The fourth-order valence-electron chi connectivity index (χ4n) is 4.22. The van der Waals surface area contributed by atoms with Crippen LogP contribution in [0.4, 0.5) is 5.69 Å². The molecule has 1 N–H and O–H groups in total. The highest BCUT2D eigenvalue weighted by Crippen LogP contribution is 2.42. The van der Waals surface area contributed by atoms with E-state index in [0.29, 0.717) is 13.0 Å². The first-order valence-electron chi connectivity index (χ1n) is 10.6. The Kier molecular flexibility index (Phi) is 7.40. The average Bonchev–Trinajstić information content (AvgIpc) is 3.36. The number of carbonyl (C=O) groups is 1. The number of carbonyl (C=O) groups excluding carboxylic acids is 1. The summed E-state index contributed by atoms with van der Waals surface area (Å²) < 4.78 is 11.1. The number of ether oxygens (including phenoxy) is 2. The number of hydrogen-bond acceptors (Lipinski definition) is 6. The van der Waals surface area contributed by atoms with E-state index in [2.05, 4.69) is 39.9 Å². The Balaban J connectivity index is 1.54. The van der Waals surface area contributed by atoms with Crippen LogP contribution in [0, 0.1) is 0 Å². The number of benzene rings is 2. The third-order valence-electron chi connectivity index (χ3n) is 5.79. The van der Waals surface area contributed by atoms with Crippen molar-refractivity contribution >= 4 is 34.7 Å². The summed E-state index contributed by atoms with van der Waals surface area (Å²) in [4.78, 5) is 17.5. The van der Waals surface area contributed by atoms with Crippen LogP contribution < -0.4 is 14.8 Å². The molecule has 1 atom stereocenters. The number of rotatable bonds is 8. The van der Waals surface area contributed by atoms with Crippen LogP contribution in [0.3, 0.4) is 0 Å². The molecule has 0 saturated carbocycles. The monoisotopic (exact) mass is 468 g/mol. The molecule has 2 heterocycles. The molecule has 0 aliphatic carbocycles. The van der Waals surface area contributed by atoms with Crippen LogP contribution in [0.2, 0.25) is 0 Å². The fraction of sp³-hybridized carbons (Fsp3) is 0.320. The molecule has 0 saturated heterocycles. The summed E-state index contributed by atoms with van der Waals surface area (Å²) in [5, 5.41) is 5.19. The van der Waals surface area contributed by atoms with Crippen molar-refractivity contribution in [3.8, 4) is 11.5 Å². The highest BCUT2D eigenvalue weighted by Gasteiger charge is 2.31. The molecule has 5 nitrogen and oxygen atoms in total. The first kappa shape index (κ1) is 22.7. The number of hydrogen-bond donors (Lipinski definition) is 1. The van der Waals surface area contributed by atoms with E-state index >= 15 is 0 Å². The smallest absolute Gasteiger partial charge is 0.225 e. The van der Waals surface area contributed by atoms with Gasteiger partial charge in [-0.05, 0) is 59.5 Å². The molecule has 7 heteroatoms. The number of nitrogens with zero attached hydrogens (tertiary/aromatic N) is 1. The van der Waals surface area contributed by atoms with E-state index in [1.807, 2.05) is 30.5 Å². The number of nitrogens with one attached hydrogen (secondary N) is 1. The van der Waals surface area contributed by atoms with Gasteiger partial charge in [0.1, 0.15) is 0 Å². The summed E-state index contributed by atoms with van der Waals surface area (Å²) in [5.74, 6) is 1.53. The van der Waals surface area contributed by atoms with Crippen LogP contribution in [0.1, 0.15) is 28.5 Å². The Morgan fingerprint density at radius 2 is 1.94 bits per heavy atom. The number of anilines is 1. The zero-order valence-corrected chi connectivity index (χ0v) is 20.2. The van der Waals surface area contributed by atoms with Crippen molar-refractivity contribution in [1.29, 1.82) is 0 Å². The van der Waals surface area contributed by atoms with Crippen molar-refractivity contribution < 1.29 is 14.3 Å². The van der Waals surface area contributed by atoms with Crippen molar-refractivity contribution in [2.24, 2.45) is 0 Å². The molecule has 0 spiro atoms. The van der Waals surface area contributed by atoms with Gasteiger partial charge in [-0.15, -0.1) is 23.1 Å². The average molecular weight is 469 g/mol. The van der Waals surface area contributed by atoms with Gasteiger partial charge >= 0.3 is 0 Å². The topological polar surface area (TPSA) is 50.8 Å². The van der Waals surface area contributed by atoms with Gasteiger partial charge in [0.15, 0.2) is 11.5 Å². The number of thiophene rings is 1. The highest BCUT2D eigenvalue weighted by atomic mass is 32.2. The molecule has 0 radical (unpaired) electrons. The van der Waals surface area contributed by atoms with Crippen molar-refractivity contribution in [2.75, 3.05) is 38.9 Å². The maximum atomic E-state index is 12.8. The van der Waals surface area contributed by atoms with E-state index in [1.165, 1.54) is 16.0 Å². The second-order valence-corrected chi connectivity index (χ2v) is 9.44. The Bertz CT molecular complexity index is 1070. The van der Waals surface area contributed by atoms with E-state index in [0.717, 1.165) is 35.0 Å². The second-order valence-electron chi connectivity index (χ2n) is 7.61. The molecule has 0 bridgehead atoms. The lowest BCUT2D eigenvalue weighted by atomic mass is 9.90. The number of para-hydroxylation sites is 1. The second kappa shape index (κ2) is 10.4. The van der Waals surface area contributed by atoms with Crippen molar-refractivity contribution in [2.45, 2.75) is 23.8 Å². The summed E-state index contributed by atoms with van der Waals surface area (Å²) in [6, 6.07) is 16.5. The van der Waals surface area contributed by atoms with Crippen LogP contribution in [-0.4, -0.2) is 44.4 Å². The Morgan fingerprint density at radius 1 is 1.16 bits per heavy atom. The minimum atomic E-state index is 0.0366. The number of fused-ring (bicyclic) bond motifs is 1. The quantitative estimate of drug-likeness (QED) is 0.445. The third kappa shape index (κ3) is 4.80. The maximum Gasteiger partial charge on any atom is 0.225 e.